The minimum absolute atomic E-state index is 0. The van der Waals surface area contributed by atoms with Gasteiger partial charge in [-0.05, 0) is 0 Å². The average Bonchev–Trinajstić information content (AvgIpc) is 2.49. The first kappa shape index (κ1) is 64.1. The minimum Gasteiger partial charge on any atom is -0.872 e. The van der Waals surface area contributed by atoms with Crippen LogP contribution >= 0.6 is 0 Å². The van der Waals surface area contributed by atoms with E-state index in [0.717, 1.165) is 0 Å². The first-order chi connectivity index (χ1) is 15.6. The van der Waals surface area contributed by atoms with Crippen LogP contribution in [0.3, 0.4) is 0 Å². The summed E-state index contributed by atoms with van der Waals surface area (Å²) in [6.45, 7) is 0. The Balaban J connectivity index is -0.0000000402. The van der Waals surface area contributed by atoms with Crippen molar-refractivity contribution in [3.05, 3.63) is 0 Å². The number of rotatable bonds is 10. The Morgan fingerprint density at radius 2 is 0.231 bits per heavy atom. The first-order valence-corrected chi connectivity index (χ1v) is 7.07. The van der Waals surface area contributed by atoms with Crippen molar-refractivity contribution in [1.29, 1.82) is 0 Å². The molecule has 0 amide bonds. The maximum Gasteiger partial charge on any atom is 0.0280 e. The van der Waals surface area contributed by atoms with Gasteiger partial charge < -0.3 is 123 Å². The largest absolute Gasteiger partial charge is 0.872 e. The third-order valence-electron chi connectivity index (χ3n) is 1.11. The summed E-state index contributed by atoms with van der Waals surface area (Å²) < 4.78 is 15.1. The van der Waals surface area contributed by atoms with E-state index in [1.54, 1.807) is 0 Å². The fourth-order valence-electron chi connectivity index (χ4n) is 0.454. The fraction of sp³-hybridized carbons (Fsp3) is 0. The minimum atomic E-state index is -2.75. The summed E-state index contributed by atoms with van der Waals surface area (Å²) >= 11 is 0. The van der Waals surface area contributed by atoms with Gasteiger partial charge in [0.05, 0.1) is 0 Å². The molecule has 0 aromatic heterocycles. The van der Waals surface area contributed by atoms with Crippen molar-refractivity contribution in [3.8, 4) is 0 Å². The van der Waals surface area contributed by atoms with Crippen LogP contribution in [0.25, 0.3) is 0 Å². The van der Waals surface area contributed by atoms with Crippen LogP contribution in [0, 0.1) is 0 Å². The molecule has 0 N–H and O–H groups in total. The zero-order valence-corrected chi connectivity index (χ0v) is 23.4. The Morgan fingerprint density at radius 3 is 0.231 bits per heavy atom. The Kier molecular flexibility index (Phi) is 73.0. The maximum atomic E-state index is 9.16. The molecule has 39 heteroatoms. The van der Waals surface area contributed by atoms with Gasteiger partial charge in [0.15, 0.2) is 0 Å². The zero-order chi connectivity index (χ0) is 29.3. The molecule has 39 heavy (non-hydrogen) atoms. The Bertz CT molecular complexity index is 277. The first-order valence-electron chi connectivity index (χ1n) is 7.07. The summed E-state index contributed by atoms with van der Waals surface area (Å²) in [7, 11) is -27.5. The summed E-state index contributed by atoms with van der Waals surface area (Å²) in [6.07, 6.45) is 0. The van der Waals surface area contributed by atoms with Gasteiger partial charge >= 0.3 is 0 Å². The van der Waals surface area contributed by atoms with Gasteiger partial charge in [-0.1, -0.05) is 0 Å². The Labute approximate surface area is 269 Å². The van der Waals surface area contributed by atoms with Gasteiger partial charge in [0, 0.05) is 147 Å². The normalized spacial score (nSPS) is 7.69. The average molecular weight is 712 g/mol. The van der Waals surface area contributed by atoms with Crippen molar-refractivity contribution in [2.45, 2.75) is 0 Å². The predicted octanol–water partition coefficient (Wildman–Crippen LogP) is -27.9. The van der Waals surface area contributed by atoms with Crippen LogP contribution in [-0.2, 0) is 97.1 Å². The molecule has 0 atom stereocenters. The van der Waals surface area contributed by atoms with Gasteiger partial charge in [-0.25, -0.2) is 0 Å². The van der Waals surface area contributed by atoms with Crippen LogP contribution < -0.4 is 100 Å². The van der Waals surface area contributed by atoms with Crippen molar-refractivity contribution in [3.63, 3.8) is 0 Å². The third kappa shape index (κ3) is 119. The van der Waals surface area contributed by atoms with E-state index >= 15 is 0 Å². The van der Waals surface area contributed by atoms with Crippen LogP contribution in [0.2, 0.25) is 0 Å². The molecule has 4 radical (unpaired) electrons. The van der Waals surface area contributed by atoms with E-state index in [-0.39, 0.29) is 74.2 Å². The third-order valence-corrected chi connectivity index (χ3v) is 1.11. The van der Waals surface area contributed by atoms with E-state index in [2.05, 4.69) is 22.9 Å². The van der Waals surface area contributed by atoms with Crippen LogP contribution in [0.15, 0.2) is 0 Å². The molecule has 0 aromatic carbocycles. The Hall–Kier alpha value is 1.99. The van der Waals surface area contributed by atoms with Gasteiger partial charge in [-0.3, -0.25) is 0 Å². The van der Waals surface area contributed by atoms with E-state index in [9.17, 15) is 0 Å². The van der Waals surface area contributed by atoms with Crippen LogP contribution in [0.1, 0.15) is 0 Å². The molecule has 0 aliphatic heterocycles. The SMILES string of the molecule is [O-]B([O-])OB([O-])[O-].[O-]B([O-])OB([O-])[O-].[O-]B([O-])OB([O-])[O-].[O-]B([O-])OB([O-])[O-].[O-]B([O-])OB([O-])[O-].[V].[V].[V].[V]. The van der Waals surface area contributed by atoms with E-state index in [4.69, 9.17) is 100 Å². The molecule has 25 nitrogen and oxygen atoms in total. The molecule has 0 heterocycles. The number of hydrogen-bond acceptors (Lipinski definition) is 25. The molecule has 0 saturated heterocycles. The molecular formula is B10O25V4-20. The summed E-state index contributed by atoms with van der Waals surface area (Å²) in [5, 5.41) is 183. The van der Waals surface area contributed by atoms with Gasteiger partial charge in [0.2, 0.25) is 0 Å². The fourth-order valence-corrected chi connectivity index (χ4v) is 0.454. The van der Waals surface area contributed by atoms with Crippen molar-refractivity contribution in [2.75, 3.05) is 0 Å². The monoisotopic (exact) mass is 714 g/mol. The molecular weight excluding hydrogens is 712 g/mol. The predicted molar refractivity (Wildman–Crippen MR) is 63.0 cm³/mol. The zero-order valence-electron chi connectivity index (χ0n) is 17.8. The molecule has 0 spiro atoms. The molecule has 0 saturated carbocycles. The molecule has 0 aliphatic rings. The van der Waals surface area contributed by atoms with Crippen LogP contribution in [0.5, 0.6) is 0 Å². The summed E-state index contributed by atoms with van der Waals surface area (Å²) in [5.74, 6) is 0. The topological polar surface area (TPSA) is 507 Å². The standard InChI is InChI=1S/5B2O5.4V/c5*3-1(4)7-2(5)6;;;;/q5*-4;;;;. The second-order valence-electron chi connectivity index (χ2n) is 3.57. The Morgan fingerprint density at radius 1 is 0.179 bits per heavy atom. The molecule has 0 aromatic rings. The molecule has 0 unspecified atom stereocenters. The van der Waals surface area contributed by atoms with Gasteiger partial charge in [0.25, 0.3) is 0 Å². The van der Waals surface area contributed by atoms with Crippen molar-refractivity contribution in [1.82, 2.24) is 0 Å². The number of hydrogen-bond donors (Lipinski definition) is 0. The van der Waals surface area contributed by atoms with Gasteiger partial charge in [-0.2, -0.15) is 0 Å². The second-order valence-corrected chi connectivity index (χ2v) is 3.57. The molecule has 0 fully saturated rings. The van der Waals surface area contributed by atoms with Crippen LogP contribution in [-0.4, -0.2) is 73.2 Å². The van der Waals surface area contributed by atoms with Crippen molar-refractivity contribution in [2.24, 2.45) is 0 Å². The molecule has 0 rings (SSSR count). The molecule has 0 bridgehead atoms. The van der Waals surface area contributed by atoms with E-state index < -0.39 is 73.2 Å². The summed E-state index contributed by atoms with van der Waals surface area (Å²) in [4.78, 5) is 0. The molecule has 220 valence electrons. The van der Waals surface area contributed by atoms with E-state index in [1.807, 2.05) is 0 Å². The smallest absolute Gasteiger partial charge is 0.0280 e. The molecule has 0 aliphatic carbocycles. The van der Waals surface area contributed by atoms with E-state index in [1.165, 1.54) is 0 Å². The summed E-state index contributed by atoms with van der Waals surface area (Å²) in [5.41, 5.74) is 0. The van der Waals surface area contributed by atoms with Crippen molar-refractivity contribution >= 4 is 73.2 Å². The summed E-state index contributed by atoms with van der Waals surface area (Å²) in [6, 6.07) is 0. The second kappa shape index (κ2) is 44.4. The van der Waals surface area contributed by atoms with E-state index in [0.29, 0.717) is 0 Å². The van der Waals surface area contributed by atoms with Gasteiger partial charge in [-0.15, -0.1) is 0 Å². The van der Waals surface area contributed by atoms with Crippen LogP contribution in [0.4, 0.5) is 0 Å². The maximum absolute atomic E-state index is 9.16. The van der Waals surface area contributed by atoms with Gasteiger partial charge in [0.1, 0.15) is 0 Å². The quantitative estimate of drug-likeness (QED) is 0.190. The van der Waals surface area contributed by atoms with Crippen molar-refractivity contribution < 1.29 is 198 Å².